The highest BCUT2D eigenvalue weighted by molar-refractivity contribution is 6.31. The van der Waals surface area contributed by atoms with Crippen molar-refractivity contribution in [3.63, 3.8) is 0 Å². The Morgan fingerprint density at radius 1 is 1.42 bits per heavy atom. The zero-order chi connectivity index (χ0) is 16.9. The molecule has 0 spiro atoms. The largest absolute Gasteiger partial charge is 0.392 e. The third kappa shape index (κ3) is 4.26. The lowest BCUT2D eigenvalue weighted by Crippen LogP contribution is -2.47. The first kappa shape index (κ1) is 17.6. The van der Waals surface area contributed by atoms with Gasteiger partial charge in [-0.15, -0.1) is 0 Å². The summed E-state index contributed by atoms with van der Waals surface area (Å²) >= 11 is 6.38. The van der Waals surface area contributed by atoms with E-state index >= 15 is 0 Å². The highest BCUT2D eigenvalue weighted by Gasteiger charge is 2.30. The van der Waals surface area contributed by atoms with Crippen LogP contribution in [0.1, 0.15) is 18.0 Å². The summed E-state index contributed by atoms with van der Waals surface area (Å²) < 4.78 is 5.43. The molecule has 2 fully saturated rings. The van der Waals surface area contributed by atoms with E-state index in [2.05, 4.69) is 15.5 Å². The third-order valence-corrected chi connectivity index (χ3v) is 4.99. The van der Waals surface area contributed by atoms with Crippen molar-refractivity contribution in [3.8, 4) is 0 Å². The van der Waals surface area contributed by atoms with Gasteiger partial charge in [0.15, 0.2) is 0 Å². The maximum Gasteiger partial charge on any atom is 0.237 e. The Kier molecular flexibility index (Phi) is 6.08. The van der Waals surface area contributed by atoms with Crippen molar-refractivity contribution < 1.29 is 14.6 Å². The van der Waals surface area contributed by atoms with Crippen LogP contribution in [0.5, 0.6) is 0 Å². The Bertz CT molecular complexity index is 566. The molecule has 0 aromatic heterocycles. The van der Waals surface area contributed by atoms with E-state index in [1.165, 1.54) is 0 Å². The Labute approximate surface area is 147 Å². The summed E-state index contributed by atoms with van der Waals surface area (Å²) in [6.07, 6.45) is 0.0134. The second-order valence-corrected chi connectivity index (χ2v) is 6.69. The average molecular weight is 354 g/mol. The van der Waals surface area contributed by atoms with Gasteiger partial charge in [-0.2, -0.15) is 0 Å². The van der Waals surface area contributed by atoms with Crippen LogP contribution in [0.15, 0.2) is 24.3 Å². The van der Waals surface area contributed by atoms with Crippen molar-refractivity contribution in [1.82, 2.24) is 15.5 Å². The first-order valence-corrected chi connectivity index (χ1v) is 8.78. The van der Waals surface area contributed by atoms with Crippen LogP contribution in [0, 0.1) is 0 Å². The second-order valence-electron chi connectivity index (χ2n) is 6.28. The van der Waals surface area contributed by atoms with Gasteiger partial charge in [0, 0.05) is 31.2 Å². The van der Waals surface area contributed by atoms with E-state index in [4.69, 9.17) is 16.3 Å². The molecule has 0 aliphatic carbocycles. The number of hydrogen-bond donors (Lipinski definition) is 3. The van der Waals surface area contributed by atoms with Crippen LogP contribution >= 0.6 is 11.6 Å². The monoisotopic (exact) mass is 353 g/mol. The molecule has 3 rings (SSSR count). The van der Waals surface area contributed by atoms with Crippen LogP contribution in [-0.4, -0.2) is 67.5 Å². The number of β-amino-alcohol motifs (C(OH)–C–C–N with tert-alkyl or cyclic N) is 1. The van der Waals surface area contributed by atoms with Gasteiger partial charge in [-0.3, -0.25) is 9.69 Å². The number of aliphatic hydroxyl groups is 1. The minimum atomic E-state index is -0.445. The molecule has 3 atom stereocenters. The van der Waals surface area contributed by atoms with E-state index in [0.29, 0.717) is 37.7 Å². The number of carbonyl (C=O) groups is 1. The molecule has 0 unspecified atom stereocenters. The molecular formula is C17H24ClN3O3. The summed E-state index contributed by atoms with van der Waals surface area (Å²) in [5.74, 6) is -0.0723. The van der Waals surface area contributed by atoms with E-state index < -0.39 is 6.10 Å². The van der Waals surface area contributed by atoms with Gasteiger partial charge in [-0.1, -0.05) is 29.8 Å². The Balaban J connectivity index is 1.68. The van der Waals surface area contributed by atoms with Crippen molar-refractivity contribution in [2.75, 3.05) is 39.4 Å². The number of halogens is 1. The summed E-state index contributed by atoms with van der Waals surface area (Å²) in [5, 5.41) is 16.3. The van der Waals surface area contributed by atoms with Gasteiger partial charge in [-0.05, 0) is 18.1 Å². The molecule has 2 aliphatic rings. The second kappa shape index (κ2) is 8.27. The van der Waals surface area contributed by atoms with E-state index in [1.807, 2.05) is 24.3 Å². The van der Waals surface area contributed by atoms with Gasteiger partial charge in [0.05, 0.1) is 31.4 Å². The van der Waals surface area contributed by atoms with Crippen LogP contribution in [-0.2, 0) is 9.53 Å². The molecule has 1 aromatic rings. The predicted molar refractivity (Wildman–Crippen MR) is 92.0 cm³/mol. The molecule has 2 aliphatic heterocycles. The van der Waals surface area contributed by atoms with Crippen molar-refractivity contribution in [3.05, 3.63) is 34.9 Å². The summed E-state index contributed by atoms with van der Waals surface area (Å²) in [6.45, 7) is 3.95. The van der Waals surface area contributed by atoms with Gasteiger partial charge in [0.2, 0.25) is 5.91 Å². The third-order valence-electron chi connectivity index (χ3n) is 4.64. The SMILES string of the molecule is O=C(NC[C@H](c1ccccc1Cl)N1CCOCC1)[C@@H]1C[C@H](O)CN1. The van der Waals surface area contributed by atoms with Crippen LogP contribution in [0.4, 0.5) is 0 Å². The lowest BCUT2D eigenvalue weighted by molar-refractivity contribution is -0.123. The predicted octanol–water partition coefficient (Wildman–Crippen LogP) is 0.552. The van der Waals surface area contributed by atoms with Gasteiger partial charge < -0.3 is 20.5 Å². The Morgan fingerprint density at radius 2 is 2.17 bits per heavy atom. The number of ether oxygens (including phenoxy) is 1. The van der Waals surface area contributed by atoms with Gasteiger partial charge in [-0.25, -0.2) is 0 Å². The van der Waals surface area contributed by atoms with Crippen LogP contribution in [0.3, 0.4) is 0 Å². The molecule has 24 heavy (non-hydrogen) atoms. The fourth-order valence-corrected chi connectivity index (χ4v) is 3.57. The molecule has 0 radical (unpaired) electrons. The highest BCUT2D eigenvalue weighted by Crippen LogP contribution is 2.27. The van der Waals surface area contributed by atoms with Crippen LogP contribution < -0.4 is 10.6 Å². The standard InChI is InChI=1S/C17H24ClN3O3/c18-14-4-2-1-3-13(14)16(21-5-7-24-8-6-21)11-20-17(23)15-9-12(22)10-19-15/h1-4,12,15-16,19,22H,5-11H2,(H,20,23)/t12-,15-,16+/m0/s1. The van der Waals surface area contributed by atoms with E-state index in [9.17, 15) is 9.90 Å². The number of aliphatic hydroxyl groups excluding tert-OH is 1. The average Bonchev–Trinajstić information content (AvgIpc) is 3.04. The number of carbonyl (C=O) groups excluding carboxylic acids is 1. The summed E-state index contributed by atoms with van der Waals surface area (Å²) in [7, 11) is 0. The molecular weight excluding hydrogens is 330 g/mol. The molecule has 1 aromatic carbocycles. The lowest BCUT2D eigenvalue weighted by atomic mass is 10.0. The maximum atomic E-state index is 12.3. The molecule has 2 heterocycles. The fourth-order valence-electron chi connectivity index (χ4n) is 3.31. The first-order chi connectivity index (χ1) is 11.6. The van der Waals surface area contributed by atoms with Gasteiger partial charge in [0.25, 0.3) is 0 Å². The number of hydrogen-bond acceptors (Lipinski definition) is 5. The number of amides is 1. The molecule has 2 saturated heterocycles. The fraction of sp³-hybridized carbons (Fsp3) is 0.588. The van der Waals surface area contributed by atoms with Crippen molar-refractivity contribution in [1.29, 1.82) is 0 Å². The molecule has 6 nitrogen and oxygen atoms in total. The summed E-state index contributed by atoms with van der Waals surface area (Å²) in [4.78, 5) is 14.6. The van der Waals surface area contributed by atoms with E-state index in [1.54, 1.807) is 0 Å². The molecule has 1 amide bonds. The van der Waals surface area contributed by atoms with E-state index in [-0.39, 0.29) is 18.0 Å². The minimum absolute atomic E-state index is 0.0119. The van der Waals surface area contributed by atoms with Crippen LogP contribution in [0.2, 0.25) is 5.02 Å². The van der Waals surface area contributed by atoms with Gasteiger partial charge in [0.1, 0.15) is 0 Å². The molecule has 0 saturated carbocycles. The van der Waals surface area contributed by atoms with Crippen molar-refractivity contribution >= 4 is 17.5 Å². The topological polar surface area (TPSA) is 73.8 Å². The minimum Gasteiger partial charge on any atom is -0.392 e. The number of nitrogens with zero attached hydrogens (tertiary/aromatic N) is 1. The lowest BCUT2D eigenvalue weighted by Gasteiger charge is -2.35. The van der Waals surface area contributed by atoms with E-state index in [0.717, 1.165) is 18.7 Å². The number of morpholine rings is 1. The highest BCUT2D eigenvalue weighted by atomic mass is 35.5. The first-order valence-electron chi connectivity index (χ1n) is 8.40. The zero-order valence-corrected chi connectivity index (χ0v) is 14.3. The smallest absolute Gasteiger partial charge is 0.237 e. The number of nitrogens with one attached hydrogen (secondary N) is 2. The Morgan fingerprint density at radius 3 is 2.83 bits per heavy atom. The van der Waals surface area contributed by atoms with Gasteiger partial charge >= 0.3 is 0 Å². The van der Waals surface area contributed by atoms with Crippen molar-refractivity contribution in [2.45, 2.75) is 24.6 Å². The summed E-state index contributed by atoms with van der Waals surface area (Å²) in [5.41, 5.74) is 1.01. The molecule has 0 bridgehead atoms. The zero-order valence-electron chi connectivity index (χ0n) is 13.6. The van der Waals surface area contributed by atoms with Crippen molar-refractivity contribution in [2.24, 2.45) is 0 Å². The molecule has 132 valence electrons. The Hall–Kier alpha value is -1.18. The van der Waals surface area contributed by atoms with Crippen LogP contribution in [0.25, 0.3) is 0 Å². The quantitative estimate of drug-likeness (QED) is 0.721. The summed E-state index contributed by atoms with van der Waals surface area (Å²) in [6, 6.07) is 7.44. The normalized spacial score (nSPS) is 26.2. The molecule has 3 N–H and O–H groups in total. The number of benzene rings is 1. The molecule has 7 heteroatoms. The number of rotatable bonds is 5. The maximum absolute atomic E-state index is 12.3.